The van der Waals surface area contributed by atoms with Gasteiger partial charge in [0.2, 0.25) is 5.91 Å². The summed E-state index contributed by atoms with van der Waals surface area (Å²) < 4.78 is 77.4. The monoisotopic (exact) mass is 421 g/mol. The highest BCUT2D eigenvalue weighted by Gasteiger charge is 2.36. The summed E-state index contributed by atoms with van der Waals surface area (Å²) in [6.45, 7) is 2.40. The molecule has 158 valence electrons. The predicted octanol–water partition coefficient (Wildman–Crippen LogP) is 3.24. The van der Waals surface area contributed by atoms with Gasteiger partial charge in [0, 0.05) is 25.1 Å². The summed E-state index contributed by atoms with van der Waals surface area (Å²) in [5.41, 5.74) is -3.17. The zero-order valence-electron chi connectivity index (χ0n) is 15.3. The van der Waals surface area contributed by atoms with Crippen molar-refractivity contribution in [3.05, 3.63) is 58.4 Å². The summed E-state index contributed by atoms with van der Waals surface area (Å²) in [4.78, 5) is 23.4. The van der Waals surface area contributed by atoms with Crippen molar-refractivity contribution in [2.45, 2.75) is 38.8 Å². The number of nitrogens with one attached hydrogen (secondary N) is 3. The zero-order valence-corrected chi connectivity index (χ0v) is 15.3. The van der Waals surface area contributed by atoms with E-state index in [0.29, 0.717) is 12.1 Å². The van der Waals surface area contributed by atoms with Gasteiger partial charge in [-0.25, -0.2) is 0 Å². The topological polar surface area (TPSA) is 70.2 Å². The van der Waals surface area contributed by atoms with E-state index in [4.69, 9.17) is 0 Å². The lowest BCUT2D eigenvalue weighted by molar-refractivity contribution is -0.143. The first-order chi connectivity index (χ1) is 13.3. The number of carbonyl (C=O) groups excluding carboxylic acids is 2. The molecule has 1 aliphatic heterocycles. The third-order valence-electron chi connectivity index (χ3n) is 3.79. The van der Waals surface area contributed by atoms with Crippen molar-refractivity contribution in [2.24, 2.45) is 0 Å². The van der Waals surface area contributed by atoms with E-state index in [1.807, 2.05) is 0 Å². The van der Waals surface area contributed by atoms with Crippen molar-refractivity contribution in [3.8, 4) is 0 Å². The third kappa shape index (κ3) is 6.26. The molecule has 1 aliphatic rings. The molecule has 0 saturated carbocycles. The molecule has 2 rings (SSSR count). The number of carbonyl (C=O) groups is 2. The van der Waals surface area contributed by atoms with E-state index in [0.717, 1.165) is 0 Å². The molecule has 0 saturated heterocycles. The van der Waals surface area contributed by atoms with Crippen LogP contribution in [0.2, 0.25) is 0 Å². The molecular formula is C18H17F6N3O2. The maximum absolute atomic E-state index is 12.9. The van der Waals surface area contributed by atoms with E-state index in [-0.39, 0.29) is 35.0 Å². The number of amides is 2. The smallest absolute Gasteiger partial charge is 0.366 e. The van der Waals surface area contributed by atoms with Crippen LogP contribution in [-0.2, 0) is 28.5 Å². The summed E-state index contributed by atoms with van der Waals surface area (Å²) in [6.07, 6.45) is -7.13. The average molecular weight is 421 g/mol. The second-order valence-electron chi connectivity index (χ2n) is 6.39. The third-order valence-corrected chi connectivity index (χ3v) is 3.79. The van der Waals surface area contributed by atoms with Gasteiger partial charge < -0.3 is 16.0 Å². The zero-order chi connectivity index (χ0) is 22.0. The van der Waals surface area contributed by atoms with E-state index in [1.165, 1.54) is 19.1 Å². The van der Waals surface area contributed by atoms with Crippen molar-refractivity contribution >= 4 is 11.8 Å². The van der Waals surface area contributed by atoms with Gasteiger partial charge in [0.1, 0.15) is 5.82 Å². The summed E-state index contributed by atoms with van der Waals surface area (Å²) in [5.74, 6) is -0.857. The van der Waals surface area contributed by atoms with E-state index in [1.54, 1.807) is 6.92 Å². The molecule has 1 atom stereocenters. The Morgan fingerprint density at radius 2 is 1.59 bits per heavy atom. The molecule has 5 nitrogen and oxygen atoms in total. The number of halogens is 6. The molecule has 29 heavy (non-hydrogen) atoms. The summed E-state index contributed by atoms with van der Waals surface area (Å²) in [7, 11) is 0. The summed E-state index contributed by atoms with van der Waals surface area (Å²) >= 11 is 0. The highest BCUT2D eigenvalue weighted by atomic mass is 19.4. The lowest BCUT2D eigenvalue weighted by Crippen LogP contribution is -2.38. The summed E-state index contributed by atoms with van der Waals surface area (Å²) in [6, 6.07) is 0.777. The molecule has 0 bridgehead atoms. The molecule has 0 radical (unpaired) electrons. The normalized spacial score (nSPS) is 17.0. The second kappa shape index (κ2) is 8.18. The van der Waals surface area contributed by atoms with Crippen LogP contribution >= 0.6 is 0 Å². The van der Waals surface area contributed by atoms with Gasteiger partial charge in [0.25, 0.3) is 5.91 Å². The summed E-state index contributed by atoms with van der Waals surface area (Å²) in [5, 5.41) is 7.63. The van der Waals surface area contributed by atoms with Gasteiger partial charge in [0.05, 0.1) is 11.1 Å². The SMILES string of the molecule is CC(=O)NC1=CC(C(=O)NCc2cc(C(F)(F)F)cc(C(F)(F)F)c2)=C[C@H](C)N1. The highest BCUT2D eigenvalue weighted by molar-refractivity contribution is 5.96. The molecule has 0 aliphatic carbocycles. The van der Waals surface area contributed by atoms with Gasteiger partial charge in [-0.3, -0.25) is 9.59 Å². The predicted molar refractivity (Wildman–Crippen MR) is 90.9 cm³/mol. The first kappa shape index (κ1) is 22.3. The molecule has 3 N–H and O–H groups in total. The molecular weight excluding hydrogens is 404 g/mol. The molecule has 2 amide bonds. The van der Waals surface area contributed by atoms with Gasteiger partial charge in [-0.2, -0.15) is 26.3 Å². The Balaban J connectivity index is 2.21. The quantitative estimate of drug-likeness (QED) is 0.654. The van der Waals surface area contributed by atoms with Crippen LogP contribution in [0, 0.1) is 0 Å². The number of rotatable bonds is 4. The van der Waals surface area contributed by atoms with Crippen molar-refractivity contribution in [2.75, 3.05) is 0 Å². The Labute approximate surface area is 161 Å². The van der Waals surface area contributed by atoms with Crippen molar-refractivity contribution in [1.29, 1.82) is 0 Å². The number of hydrogen-bond donors (Lipinski definition) is 3. The molecule has 0 spiro atoms. The largest absolute Gasteiger partial charge is 0.416 e. The van der Waals surface area contributed by atoms with Gasteiger partial charge >= 0.3 is 12.4 Å². The van der Waals surface area contributed by atoms with Gasteiger partial charge in [-0.1, -0.05) is 0 Å². The fraction of sp³-hybridized carbons (Fsp3) is 0.333. The van der Waals surface area contributed by atoms with Crippen LogP contribution in [0.15, 0.2) is 41.7 Å². The Morgan fingerprint density at radius 1 is 1.03 bits per heavy atom. The van der Waals surface area contributed by atoms with Gasteiger partial charge in [0.15, 0.2) is 0 Å². The lowest BCUT2D eigenvalue weighted by atomic mass is 10.0. The Bertz CT molecular complexity index is 839. The van der Waals surface area contributed by atoms with Crippen LogP contribution in [0.4, 0.5) is 26.3 Å². The molecule has 11 heteroatoms. The van der Waals surface area contributed by atoms with Crippen molar-refractivity contribution in [3.63, 3.8) is 0 Å². The Hall–Kier alpha value is -2.98. The van der Waals surface area contributed by atoms with Crippen LogP contribution in [0.25, 0.3) is 0 Å². The molecule has 0 unspecified atom stereocenters. The van der Waals surface area contributed by atoms with E-state index < -0.39 is 35.9 Å². The average Bonchev–Trinajstić information content (AvgIpc) is 2.56. The van der Waals surface area contributed by atoms with Crippen molar-refractivity contribution in [1.82, 2.24) is 16.0 Å². The minimum absolute atomic E-state index is 0.0186. The van der Waals surface area contributed by atoms with Crippen LogP contribution in [0.1, 0.15) is 30.5 Å². The first-order valence-electron chi connectivity index (χ1n) is 8.30. The highest BCUT2D eigenvalue weighted by Crippen LogP contribution is 2.36. The fourth-order valence-electron chi connectivity index (χ4n) is 2.61. The molecule has 0 fully saturated rings. The van der Waals surface area contributed by atoms with Crippen LogP contribution in [-0.4, -0.2) is 17.9 Å². The number of dihydropyridines is 1. The van der Waals surface area contributed by atoms with Gasteiger partial charge in [-0.05, 0) is 42.8 Å². The Kier molecular flexibility index (Phi) is 6.29. The van der Waals surface area contributed by atoms with E-state index in [2.05, 4.69) is 16.0 Å². The van der Waals surface area contributed by atoms with Gasteiger partial charge in [-0.15, -0.1) is 0 Å². The molecule has 1 aromatic carbocycles. The molecule has 0 aromatic heterocycles. The number of benzene rings is 1. The van der Waals surface area contributed by atoms with E-state index >= 15 is 0 Å². The molecule has 1 heterocycles. The number of alkyl halides is 6. The maximum Gasteiger partial charge on any atom is 0.416 e. The maximum atomic E-state index is 12.9. The standard InChI is InChI=1S/C18H17F6N3O2/c1-9-3-12(6-15(26-9)27-10(2)28)16(29)25-8-11-4-13(17(19,20)21)7-14(5-11)18(22,23)24/h3-7,9,26H,8H2,1-2H3,(H,25,29)(H,27,28)/t9-/m0/s1. The lowest BCUT2D eigenvalue weighted by Gasteiger charge is -2.21. The molecule has 1 aromatic rings. The Morgan fingerprint density at radius 3 is 2.07 bits per heavy atom. The van der Waals surface area contributed by atoms with Crippen molar-refractivity contribution < 1.29 is 35.9 Å². The first-order valence-corrected chi connectivity index (χ1v) is 8.30. The minimum Gasteiger partial charge on any atom is -0.366 e. The van der Waals surface area contributed by atoms with E-state index in [9.17, 15) is 35.9 Å². The second-order valence-corrected chi connectivity index (χ2v) is 6.39. The van der Waals surface area contributed by atoms with Crippen LogP contribution < -0.4 is 16.0 Å². The van der Waals surface area contributed by atoms with Crippen LogP contribution in [0.5, 0.6) is 0 Å². The van der Waals surface area contributed by atoms with Crippen LogP contribution in [0.3, 0.4) is 0 Å². The fourth-order valence-corrected chi connectivity index (χ4v) is 2.61. The minimum atomic E-state index is -4.97. The number of hydrogen-bond acceptors (Lipinski definition) is 3.